The molecule has 1 heterocycles. The Kier molecular flexibility index (Phi) is 9.29. The molecule has 0 aliphatic heterocycles. The van der Waals surface area contributed by atoms with E-state index in [1.54, 1.807) is 44.8 Å². The van der Waals surface area contributed by atoms with Gasteiger partial charge in [-0.1, -0.05) is 0 Å². The first-order chi connectivity index (χ1) is 12.6. The number of carbonyl (C=O) groups excluding carboxylic acids is 1. The average molecular weight is 363 g/mol. The number of methoxy groups -OCH3 is 4. The van der Waals surface area contributed by atoms with E-state index in [1.807, 2.05) is 6.92 Å². The number of hydrogen-bond donors (Lipinski definition) is 1. The van der Waals surface area contributed by atoms with Gasteiger partial charge in [-0.3, -0.25) is 9.78 Å². The average Bonchev–Trinajstić information content (AvgIpc) is 2.72. The van der Waals surface area contributed by atoms with Crippen molar-refractivity contribution in [3.05, 3.63) is 41.7 Å². The molecule has 0 aliphatic rings. The van der Waals surface area contributed by atoms with E-state index in [2.05, 4.69) is 14.5 Å². The minimum absolute atomic E-state index is 0.0648. The lowest BCUT2D eigenvalue weighted by atomic mass is 9.95. The molecule has 2 aromatic rings. The van der Waals surface area contributed by atoms with Gasteiger partial charge in [0.1, 0.15) is 0 Å². The summed E-state index contributed by atoms with van der Waals surface area (Å²) in [5.41, 5.74) is 2.28. The van der Waals surface area contributed by atoms with Crippen molar-refractivity contribution in [1.82, 2.24) is 4.98 Å². The van der Waals surface area contributed by atoms with E-state index in [1.165, 1.54) is 14.2 Å². The lowest BCUT2D eigenvalue weighted by Gasteiger charge is -2.17. The third-order valence-corrected chi connectivity index (χ3v) is 3.74. The minimum atomic E-state index is -0.313. The van der Waals surface area contributed by atoms with Gasteiger partial charge in [0.25, 0.3) is 0 Å². The first-order valence-corrected chi connectivity index (χ1v) is 7.87. The van der Waals surface area contributed by atoms with E-state index in [4.69, 9.17) is 9.47 Å². The van der Waals surface area contributed by atoms with Crippen molar-refractivity contribution in [1.29, 1.82) is 0 Å². The molecule has 1 N–H and O–H groups in total. The molecule has 26 heavy (non-hydrogen) atoms. The van der Waals surface area contributed by atoms with Gasteiger partial charge in [0.2, 0.25) is 0 Å². The van der Waals surface area contributed by atoms with Gasteiger partial charge in [-0.25, -0.2) is 0 Å². The Labute approximate surface area is 153 Å². The fraction of sp³-hybridized carbons (Fsp3) is 0.368. The monoisotopic (exact) mass is 363 g/mol. The maximum absolute atomic E-state index is 11.4. The third-order valence-electron chi connectivity index (χ3n) is 3.74. The van der Waals surface area contributed by atoms with Crippen LogP contribution in [0.4, 0.5) is 0 Å². The molecule has 0 fully saturated rings. The number of hydrogen-bond acceptors (Lipinski definition) is 7. The fourth-order valence-corrected chi connectivity index (χ4v) is 2.24. The van der Waals surface area contributed by atoms with Crippen molar-refractivity contribution in [2.24, 2.45) is 0 Å². The van der Waals surface area contributed by atoms with Gasteiger partial charge in [-0.15, -0.1) is 0 Å². The molecule has 1 aromatic heterocycles. The summed E-state index contributed by atoms with van der Waals surface area (Å²) < 4.78 is 19.9. The second-order valence-corrected chi connectivity index (χ2v) is 5.10. The Morgan fingerprint density at radius 2 is 1.73 bits per heavy atom. The van der Waals surface area contributed by atoms with Crippen LogP contribution >= 0.6 is 0 Å². The zero-order chi connectivity index (χ0) is 19.5. The van der Waals surface area contributed by atoms with Gasteiger partial charge >= 0.3 is 0 Å². The highest BCUT2D eigenvalue weighted by Gasteiger charge is 2.19. The molecule has 0 radical (unpaired) electrons. The van der Waals surface area contributed by atoms with E-state index in [9.17, 15) is 9.90 Å². The number of aliphatic hydroxyl groups is 1. The number of benzene rings is 1. The molecule has 0 saturated carbocycles. The molecular weight excluding hydrogens is 338 g/mol. The van der Waals surface area contributed by atoms with Crippen LogP contribution < -0.4 is 9.47 Å². The lowest BCUT2D eigenvalue weighted by Crippen LogP contribution is -2.05. The van der Waals surface area contributed by atoms with Gasteiger partial charge in [0.15, 0.2) is 24.1 Å². The molecule has 0 spiro atoms. The van der Waals surface area contributed by atoms with Crippen LogP contribution in [0.25, 0.3) is 11.1 Å². The van der Waals surface area contributed by atoms with Gasteiger partial charge in [-0.2, -0.15) is 0 Å². The first kappa shape index (κ1) is 21.6. The molecule has 0 saturated heterocycles. The number of ether oxygens (including phenoxy) is 4. The number of aliphatic hydroxyl groups excluding tert-OH is 1. The fourth-order valence-electron chi connectivity index (χ4n) is 2.24. The van der Waals surface area contributed by atoms with Crippen molar-refractivity contribution in [2.45, 2.75) is 19.8 Å². The number of rotatable bonds is 7. The zero-order valence-electron chi connectivity index (χ0n) is 15.7. The molecule has 1 aromatic carbocycles. The van der Waals surface area contributed by atoms with Crippen molar-refractivity contribution in [2.75, 3.05) is 28.4 Å². The molecule has 2 rings (SSSR count). The van der Waals surface area contributed by atoms with Crippen LogP contribution in [0, 0.1) is 0 Å². The highest BCUT2D eigenvalue weighted by molar-refractivity contribution is 5.91. The van der Waals surface area contributed by atoms with E-state index in [0.29, 0.717) is 34.5 Å². The van der Waals surface area contributed by atoms with E-state index >= 15 is 0 Å². The van der Waals surface area contributed by atoms with Crippen LogP contribution in [0.3, 0.4) is 0 Å². The van der Waals surface area contributed by atoms with Crippen molar-refractivity contribution < 1.29 is 28.8 Å². The molecule has 7 heteroatoms. The smallest absolute Gasteiger partial charge is 0.166 e. The predicted octanol–water partition coefficient (Wildman–Crippen LogP) is 2.70. The van der Waals surface area contributed by atoms with E-state index < -0.39 is 0 Å². The van der Waals surface area contributed by atoms with Crippen LogP contribution in [0.15, 0.2) is 30.6 Å². The maximum atomic E-state index is 11.4. The van der Waals surface area contributed by atoms with E-state index in [0.717, 1.165) is 5.56 Å². The zero-order valence-corrected chi connectivity index (χ0v) is 15.7. The van der Waals surface area contributed by atoms with Crippen LogP contribution in [0.2, 0.25) is 0 Å². The molecule has 142 valence electrons. The van der Waals surface area contributed by atoms with Gasteiger partial charge in [0.05, 0.1) is 20.8 Å². The first-order valence-electron chi connectivity index (χ1n) is 7.87. The summed E-state index contributed by atoms with van der Waals surface area (Å²) in [7, 11) is 6.19. The van der Waals surface area contributed by atoms with Gasteiger partial charge in [-0.05, 0) is 36.2 Å². The molecular formula is C19H25NO6. The number of aromatic nitrogens is 1. The summed E-state index contributed by atoms with van der Waals surface area (Å²) in [6, 6.07) is 5.29. The quantitative estimate of drug-likeness (QED) is 0.598. The molecule has 7 nitrogen and oxygen atoms in total. The van der Waals surface area contributed by atoms with Crippen molar-refractivity contribution in [3.63, 3.8) is 0 Å². The van der Waals surface area contributed by atoms with Gasteiger partial charge < -0.3 is 24.1 Å². The summed E-state index contributed by atoms with van der Waals surface area (Å²) in [6.45, 7) is 1.52. The summed E-state index contributed by atoms with van der Waals surface area (Å²) >= 11 is 0. The summed E-state index contributed by atoms with van der Waals surface area (Å²) in [5, 5.41) is 9.55. The normalized spacial score (nSPS) is 10.1. The van der Waals surface area contributed by atoms with Gasteiger partial charge in [0, 0.05) is 37.7 Å². The Balaban J connectivity index is 0.000000487. The molecule has 0 atom stereocenters. The second kappa shape index (κ2) is 11.2. The number of nitrogens with zero attached hydrogens (tertiary/aromatic N) is 1. The van der Waals surface area contributed by atoms with Crippen LogP contribution in [0.1, 0.15) is 22.8 Å². The Bertz CT molecular complexity index is 686. The maximum Gasteiger partial charge on any atom is 0.166 e. The number of aldehydes is 1. The molecule has 0 bridgehead atoms. The largest absolute Gasteiger partial charge is 0.493 e. The number of pyridine rings is 1. The lowest BCUT2D eigenvalue weighted by molar-refractivity contribution is -0.0877. The standard InChI is InChI=1S/C15H15NO4.C4H10O2/c1-19-14-7-11(10-3-5-16-6-4-10)12(8-17)13(9-18)15(14)20-2;1-4(5-2)6-3/h3-8,18H,9H2,1-2H3;4H,1-3H3. The summed E-state index contributed by atoms with van der Waals surface area (Å²) in [6.07, 6.45) is 3.92. The Hall–Kier alpha value is -2.48. The Morgan fingerprint density at radius 1 is 1.12 bits per heavy atom. The summed E-state index contributed by atoms with van der Waals surface area (Å²) in [5.74, 6) is 0.837. The molecule has 0 amide bonds. The van der Waals surface area contributed by atoms with Crippen LogP contribution in [0.5, 0.6) is 11.5 Å². The second-order valence-electron chi connectivity index (χ2n) is 5.10. The van der Waals surface area contributed by atoms with Crippen molar-refractivity contribution >= 4 is 6.29 Å². The molecule has 0 aliphatic carbocycles. The Morgan fingerprint density at radius 3 is 2.12 bits per heavy atom. The number of carbonyl (C=O) groups is 1. The highest BCUT2D eigenvalue weighted by Crippen LogP contribution is 2.39. The predicted molar refractivity (Wildman–Crippen MR) is 97.6 cm³/mol. The molecule has 0 unspecified atom stereocenters. The minimum Gasteiger partial charge on any atom is -0.493 e. The topological polar surface area (TPSA) is 87.1 Å². The van der Waals surface area contributed by atoms with Crippen molar-refractivity contribution in [3.8, 4) is 22.6 Å². The highest BCUT2D eigenvalue weighted by atomic mass is 16.7. The van der Waals surface area contributed by atoms with Crippen LogP contribution in [-0.2, 0) is 16.1 Å². The third kappa shape index (κ3) is 5.26. The summed E-state index contributed by atoms with van der Waals surface area (Å²) in [4.78, 5) is 15.4. The van der Waals surface area contributed by atoms with Crippen LogP contribution in [-0.4, -0.2) is 51.1 Å². The van der Waals surface area contributed by atoms with E-state index in [-0.39, 0.29) is 12.9 Å². The SMILES string of the molecule is COC(C)OC.COc1cc(-c2ccncc2)c(C=O)c(CO)c1OC.